The van der Waals surface area contributed by atoms with Crippen LogP contribution in [-0.4, -0.2) is 33.1 Å². The van der Waals surface area contributed by atoms with E-state index in [9.17, 15) is 9.59 Å². The number of carbonyl (C=O) groups is 1. The second-order valence-electron chi connectivity index (χ2n) is 7.22. The molecule has 0 saturated heterocycles. The lowest BCUT2D eigenvalue weighted by Gasteiger charge is -2.28. The third-order valence-corrected chi connectivity index (χ3v) is 5.43. The predicted octanol–water partition coefficient (Wildman–Crippen LogP) is 4.35. The molecule has 0 unspecified atom stereocenters. The van der Waals surface area contributed by atoms with E-state index in [-0.39, 0.29) is 36.1 Å². The van der Waals surface area contributed by atoms with Gasteiger partial charge < -0.3 is 15.0 Å². The second kappa shape index (κ2) is 9.45. The molecule has 0 aliphatic heterocycles. The molecule has 0 spiro atoms. The Balaban J connectivity index is 0.00000256. The van der Waals surface area contributed by atoms with Crippen LogP contribution in [0.25, 0.3) is 22.2 Å². The Morgan fingerprint density at radius 2 is 1.93 bits per heavy atom. The highest BCUT2D eigenvalue weighted by atomic mass is 35.5. The van der Waals surface area contributed by atoms with Crippen molar-refractivity contribution < 1.29 is 9.53 Å². The van der Waals surface area contributed by atoms with Crippen molar-refractivity contribution in [1.29, 1.82) is 0 Å². The summed E-state index contributed by atoms with van der Waals surface area (Å²) in [5.41, 5.74) is 1.37. The first-order chi connectivity index (χ1) is 14.0. The molecule has 1 aromatic carbocycles. The van der Waals surface area contributed by atoms with Crippen LogP contribution in [-0.2, 0) is 9.53 Å². The van der Waals surface area contributed by atoms with Gasteiger partial charge in [0.1, 0.15) is 11.8 Å². The van der Waals surface area contributed by atoms with Gasteiger partial charge in [0.25, 0.3) is 5.56 Å². The Morgan fingerprint density at radius 1 is 1.20 bits per heavy atom. The maximum atomic E-state index is 12.6. The molecule has 7 nitrogen and oxygen atoms in total. The normalized spacial score (nSPS) is 18.5. The van der Waals surface area contributed by atoms with Gasteiger partial charge in [-0.2, -0.15) is 4.98 Å². The molecule has 2 N–H and O–H groups in total. The fourth-order valence-corrected chi connectivity index (χ4v) is 3.92. The molecule has 9 heteroatoms. The molecule has 1 aliphatic rings. The summed E-state index contributed by atoms with van der Waals surface area (Å²) < 4.78 is 5.27. The van der Waals surface area contributed by atoms with Crippen molar-refractivity contribution in [2.24, 2.45) is 0 Å². The molecule has 0 amide bonds. The van der Waals surface area contributed by atoms with Crippen molar-refractivity contribution in [2.45, 2.75) is 44.8 Å². The van der Waals surface area contributed by atoms with E-state index in [1.807, 2.05) is 18.2 Å². The summed E-state index contributed by atoms with van der Waals surface area (Å²) in [6, 6.07) is 9.17. The average molecular weight is 449 g/mol. The van der Waals surface area contributed by atoms with Crippen molar-refractivity contribution >= 4 is 47.0 Å². The zero-order valence-electron chi connectivity index (χ0n) is 16.4. The molecule has 2 aromatic heterocycles. The number of halogens is 2. The minimum atomic E-state index is -0.253. The summed E-state index contributed by atoms with van der Waals surface area (Å²) >= 11 is 6.23. The molecule has 1 fully saturated rings. The highest BCUT2D eigenvalue weighted by Gasteiger charge is 2.23. The standard InChI is InChI=1S/C21H21ClN4O3.ClH/c1-12(27)29-15-8-6-14(7-9-15)24-21-23-11-13-10-17(20(28)25-19(13)26-21)16-4-2-3-5-18(16)22;/h2-5,10-11,14-15H,6-9H2,1H3,(H2,23,24,25,26,28);1H. The van der Waals surface area contributed by atoms with Crippen LogP contribution < -0.4 is 10.9 Å². The molecular weight excluding hydrogens is 427 g/mol. The summed E-state index contributed by atoms with van der Waals surface area (Å²) in [7, 11) is 0. The number of esters is 1. The van der Waals surface area contributed by atoms with E-state index in [0.29, 0.717) is 27.7 Å². The van der Waals surface area contributed by atoms with Crippen LogP contribution >= 0.6 is 24.0 Å². The molecule has 2 heterocycles. The lowest BCUT2D eigenvalue weighted by molar-refractivity contribution is -0.147. The zero-order chi connectivity index (χ0) is 20.4. The van der Waals surface area contributed by atoms with Crippen molar-refractivity contribution in [2.75, 3.05) is 5.32 Å². The van der Waals surface area contributed by atoms with E-state index < -0.39 is 0 Å². The highest BCUT2D eigenvalue weighted by molar-refractivity contribution is 6.33. The molecule has 0 radical (unpaired) electrons. The molecule has 1 saturated carbocycles. The van der Waals surface area contributed by atoms with Gasteiger partial charge in [0.05, 0.1) is 0 Å². The molecule has 3 aromatic rings. The number of aromatic nitrogens is 3. The Kier molecular flexibility index (Phi) is 6.95. The van der Waals surface area contributed by atoms with E-state index in [2.05, 4.69) is 20.3 Å². The van der Waals surface area contributed by atoms with Crippen LogP contribution in [0.4, 0.5) is 5.95 Å². The van der Waals surface area contributed by atoms with Gasteiger partial charge in [0.15, 0.2) is 0 Å². The van der Waals surface area contributed by atoms with Gasteiger partial charge in [-0.3, -0.25) is 9.59 Å². The van der Waals surface area contributed by atoms with E-state index in [1.165, 1.54) is 6.92 Å². The first-order valence-electron chi connectivity index (χ1n) is 9.58. The highest BCUT2D eigenvalue weighted by Crippen LogP contribution is 2.27. The summed E-state index contributed by atoms with van der Waals surface area (Å²) in [4.78, 5) is 35.3. The van der Waals surface area contributed by atoms with E-state index in [1.54, 1.807) is 18.3 Å². The number of nitrogens with zero attached hydrogens (tertiary/aromatic N) is 2. The lowest BCUT2D eigenvalue weighted by atomic mass is 9.93. The maximum absolute atomic E-state index is 12.6. The fourth-order valence-electron chi connectivity index (χ4n) is 3.68. The van der Waals surface area contributed by atoms with Gasteiger partial charge in [-0.05, 0) is 37.8 Å². The number of hydrogen-bond acceptors (Lipinski definition) is 6. The van der Waals surface area contributed by atoms with Crippen LogP contribution in [0.2, 0.25) is 5.02 Å². The van der Waals surface area contributed by atoms with Crippen LogP contribution in [0, 0.1) is 0 Å². The lowest BCUT2D eigenvalue weighted by Crippen LogP contribution is -2.31. The molecule has 1 aliphatic carbocycles. The fraction of sp³-hybridized carbons (Fsp3) is 0.333. The van der Waals surface area contributed by atoms with Crippen LogP contribution in [0.5, 0.6) is 0 Å². The van der Waals surface area contributed by atoms with Crippen molar-refractivity contribution in [1.82, 2.24) is 15.0 Å². The Morgan fingerprint density at radius 3 is 2.63 bits per heavy atom. The number of ether oxygens (including phenoxy) is 1. The molecule has 4 rings (SSSR count). The predicted molar refractivity (Wildman–Crippen MR) is 119 cm³/mol. The Labute approximate surface area is 184 Å². The first-order valence-corrected chi connectivity index (χ1v) is 9.96. The minimum Gasteiger partial charge on any atom is -0.463 e. The second-order valence-corrected chi connectivity index (χ2v) is 7.62. The van der Waals surface area contributed by atoms with Gasteiger partial charge >= 0.3 is 5.97 Å². The Bertz CT molecular complexity index is 1110. The third-order valence-electron chi connectivity index (χ3n) is 5.10. The number of pyridine rings is 1. The summed E-state index contributed by atoms with van der Waals surface area (Å²) in [6.45, 7) is 1.44. The van der Waals surface area contributed by atoms with Crippen LogP contribution in [0.3, 0.4) is 0 Å². The monoisotopic (exact) mass is 448 g/mol. The van der Waals surface area contributed by atoms with Crippen molar-refractivity contribution in [3.05, 3.63) is 51.9 Å². The van der Waals surface area contributed by atoms with Gasteiger partial charge in [-0.1, -0.05) is 29.8 Å². The smallest absolute Gasteiger partial charge is 0.302 e. The Hall–Kier alpha value is -2.64. The topological polar surface area (TPSA) is 97.0 Å². The number of carbonyl (C=O) groups excluding carboxylic acids is 1. The van der Waals surface area contributed by atoms with Crippen molar-refractivity contribution in [3.8, 4) is 11.1 Å². The SMILES string of the molecule is CC(=O)OC1CCC(Nc2ncc3cc(-c4ccccc4Cl)c(=O)[nH]c3n2)CC1.Cl. The summed E-state index contributed by atoms with van der Waals surface area (Å²) in [5.74, 6) is 0.231. The largest absolute Gasteiger partial charge is 0.463 e. The number of anilines is 1. The van der Waals surface area contributed by atoms with Gasteiger partial charge in [0, 0.05) is 40.7 Å². The number of benzene rings is 1. The van der Waals surface area contributed by atoms with Gasteiger partial charge in [-0.15, -0.1) is 12.4 Å². The average Bonchev–Trinajstić information content (AvgIpc) is 2.69. The third kappa shape index (κ3) is 4.91. The number of rotatable bonds is 4. The molecule has 0 bridgehead atoms. The summed E-state index contributed by atoms with van der Waals surface area (Å²) in [5, 5.41) is 4.56. The molecule has 0 atom stereocenters. The van der Waals surface area contributed by atoms with E-state index in [0.717, 1.165) is 31.1 Å². The van der Waals surface area contributed by atoms with Crippen LogP contribution in [0.15, 0.2) is 41.3 Å². The summed E-state index contributed by atoms with van der Waals surface area (Å²) in [6.07, 6.45) is 5.02. The number of H-pyrrole nitrogens is 1. The van der Waals surface area contributed by atoms with Crippen LogP contribution in [0.1, 0.15) is 32.6 Å². The number of fused-ring (bicyclic) bond motifs is 1. The zero-order valence-corrected chi connectivity index (χ0v) is 17.9. The van der Waals surface area contributed by atoms with Gasteiger partial charge in [-0.25, -0.2) is 4.98 Å². The molecule has 158 valence electrons. The van der Waals surface area contributed by atoms with E-state index in [4.69, 9.17) is 16.3 Å². The quantitative estimate of drug-likeness (QED) is 0.575. The minimum absolute atomic E-state index is 0. The van der Waals surface area contributed by atoms with E-state index >= 15 is 0 Å². The number of aromatic amines is 1. The number of nitrogens with one attached hydrogen (secondary N) is 2. The molecular formula is C21H22Cl2N4O3. The molecule has 30 heavy (non-hydrogen) atoms. The maximum Gasteiger partial charge on any atom is 0.302 e. The first kappa shape index (κ1) is 22.1. The number of hydrogen-bond donors (Lipinski definition) is 2. The van der Waals surface area contributed by atoms with Crippen molar-refractivity contribution in [3.63, 3.8) is 0 Å². The van der Waals surface area contributed by atoms with Gasteiger partial charge in [0.2, 0.25) is 5.95 Å².